The number of nitrogens with one attached hydrogen (secondary N) is 2. The number of rotatable bonds is 5. The molecule has 1 amide bonds. The molecule has 6 nitrogen and oxygen atoms in total. The summed E-state index contributed by atoms with van der Waals surface area (Å²) in [7, 11) is -3.63. The largest absolute Gasteiger partial charge is 0.354 e. The van der Waals surface area contributed by atoms with E-state index in [2.05, 4.69) is 15.0 Å². The summed E-state index contributed by atoms with van der Waals surface area (Å²) in [4.78, 5) is 16.5. The van der Waals surface area contributed by atoms with Gasteiger partial charge in [-0.05, 0) is 43.2 Å². The van der Waals surface area contributed by atoms with E-state index in [1.165, 1.54) is 18.2 Å². The van der Waals surface area contributed by atoms with Gasteiger partial charge in [0.05, 0.1) is 4.90 Å². The standard InChI is InChI=1S/C18H18FN3O3S/c1-12(18(23)20-10-9-13-5-4-6-14(19)11-13)21-17-15-7-2-3-8-16(15)26(24,25)22-17/h2-8,11-12H,9-10H2,1H3,(H,20,23)(H,21,22)/t12-/m1/s1. The summed E-state index contributed by atoms with van der Waals surface area (Å²) in [5.41, 5.74) is 1.23. The summed E-state index contributed by atoms with van der Waals surface area (Å²) in [5.74, 6) is -0.494. The third kappa shape index (κ3) is 3.91. The zero-order valence-electron chi connectivity index (χ0n) is 14.1. The second-order valence-corrected chi connectivity index (χ2v) is 7.58. The number of aliphatic imine (C=N–C) groups is 1. The second-order valence-electron chi connectivity index (χ2n) is 5.93. The molecule has 1 aliphatic heterocycles. The second kappa shape index (κ2) is 7.25. The molecule has 0 saturated carbocycles. The summed E-state index contributed by atoms with van der Waals surface area (Å²) in [6.45, 7) is 1.92. The predicted molar refractivity (Wildman–Crippen MR) is 95.9 cm³/mol. The number of amidine groups is 1. The van der Waals surface area contributed by atoms with Crippen LogP contribution in [0.5, 0.6) is 0 Å². The lowest BCUT2D eigenvalue weighted by Gasteiger charge is -2.10. The van der Waals surface area contributed by atoms with Crippen LogP contribution in [0.2, 0.25) is 0 Å². The lowest BCUT2D eigenvalue weighted by molar-refractivity contribution is -0.121. The molecule has 136 valence electrons. The highest BCUT2D eigenvalue weighted by Crippen LogP contribution is 2.22. The van der Waals surface area contributed by atoms with Crippen molar-refractivity contribution >= 4 is 21.8 Å². The Hall–Kier alpha value is -2.74. The highest BCUT2D eigenvalue weighted by molar-refractivity contribution is 7.90. The topological polar surface area (TPSA) is 87.6 Å². The molecule has 8 heteroatoms. The van der Waals surface area contributed by atoms with Crippen molar-refractivity contribution in [1.29, 1.82) is 0 Å². The molecule has 2 aromatic carbocycles. The lowest BCUT2D eigenvalue weighted by atomic mass is 10.1. The fraction of sp³-hybridized carbons (Fsp3) is 0.222. The van der Waals surface area contributed by atoms with Crippen LogP contribution in [0.15, 0.2) is 58.4 Å². The Labute approximate surface area is 151 Å². The zero-order valence-corrected chi connectivity index (χ0v) is 14.9. The quantitative estimate of drug-likeness (QED) is 0.832. The van der Waals surface area contributed by atoms with Crippen molar-refractivity contribution in [1.82, 2.24) is 10.0 Å². The molecular formula is C18H18FN3O3S. The van der Waals surface area contributed by atoms with E-state index in [-0.39, 0.29) is 22.5 Å². The van der Waals surface area contributed by atoms with Crippen molar-refractivity contribution < 1.29 is 17.6 Å². The van der Waals surface area contributed by atoms with Gasteiger partial charge < -0.3 is 5.32 Å². The first kappa shape index (κ1) is 18.1. The highest BCUT2D eigenvalue weighted by atomic mass is 32.2. The number of fused-ring (bicyclic) bond motifs is 1. The van der Waals surface area contributed by atoms with Gasteiger partial charge in [0, 0.05) is 12.1 Å². The molecule has 0 saturated heterocycles. The predicted octanol–water partition coefficient (Wildman–Crippen LogP) is 1.61. The minimum absolute atomic E-state index is 0.150. The smallest absolute Gasteiger partial charge is 0.263 e. The number of hydrogen-bond donors (Lipinski definition) is 2. The Kier molecular flexibility index (Phi) is 5.03. The minimum atomic E-state index is -3.63. The molecule has 3 rings (SSSR count). The van der Waals surface area contributed by atoms with Gasteiger partial charge in [-0.2, -0.15) is 0 Å². The Bertz CT molecular complexity index is 973. The number of nitrogens with zero attached hydrogens (tertiary/aromatic N) is 1. The van der Waals surface area contributed by atoms with Crippen molar-refractivity contribution in [2.75, 3.05) is 6.54 Å². The average Bonchev–Trinajstić information content (AvgIpc) is 2.86. The van der Waals surface area contributed by atoms with Crippen LogP contribution in [-0.2, 0) is 21.2 Å². The number of amides is 1. The number of carbonyl (C=O) groups is 1. The summed E-state index contributed by atoms with van der Waals surface area (Å²) in [5, 5.41) is 2.72. The molecule has 2 N–H and O–H groups in total. The molecule has 0 fully saturated rings. The van der Waals surface area contributed by atoms with Crippen LogP contribution in [0.4, 0.5) is 4.39 Å². The van der Waals surface area contributed by atoms with Gasteiger partial charge >= 0.3 is 0 Å². The molecule has 1 aliphatic rings. The van der Waals surface area contributed by atoms with Crippen LogP contribution in [-0.4, -0.2) is 32.7 Å². The Morgan fingerprint density at radius 3 is 2.77 bits per heavy atom. The monoisotopic (exact) mass is 375 g/mol. The molecule has 0 radical (unpaired) electrons. The van der Waals surface area contributed by atoms with Crippen molar-refractivity contribution in [2.24, 2.45) is 4.99 Å². The summed E-state index contributed by atoms with van der Waals surface area (Å²) in [6.07, 6.45) is 0.488. The van der Waals surface area contributed by atoms with E-state index in [0.717, 1.165) is 5.56 Å². The maximum absolute atomic E-state index is 13.1. The molecule has 1 heterocycles. The SMILES string of the molecule is C[C@@H](N=C1NS(=O)(=O)c2ccccc21)C(=O)NCCc1cccc(F)c1. The van der Waals surface area contributed by atoms with E-state index in [9.17, 15) is 17.6 Å². The number of carbonyl (C=O) groups excluding carboxylic acids is 1. The first-order valence-electron chi connectivity index (χ1n) is 8.09. The first-order chi connectivity index (χ1) is 12.4. The fourth-order valence-corrected chi connectivity index (χ4v) is 3.89. The molecule has 0 aromatic heterocycles. The van der Waals surface area contributed by atoms with Crippen molar-refractivity contribution in [3.63, 3.8) is 0 Å². The molecule has 26 heavy (non-hydrogen) atoms. The van der Waals surface area contributed by atoms with E-state index in [1.807, 2.05) is 0 Å². The van der Waals surface area contributed by atoms with Gasteiger partial charge in [-0.15, -0.1) is 0 Å². The van der Waals surface area contributed by atoms with Crippen molar-refractivity contribution in [3.8, 4) is 0 Å². The van der Waals surface area contributed by atoms with Crippen molar-refractivity contribution in [3.05, 3.63) is 65.5 Å². The third-order valence-electron chi connectivity index (χ3n) is 3.97. The van der Waals surface area contributed by atoms with E-state index in [0.29, 0.717) is 18.5 Å². The molecular weight excluding hydrogens is 357 g/mol. The van der Waals surface area contributed by atoms with Crippen LogP contribution < -0.4 is 10.0 Å². The van der Waals surface area contributed by atoms with E-state index in [4.69, 9.17) is 0 Å². The van der Waals surface area contributed by atoms with Gasteiger partial charge in [-0.25, -0.2) is 12.8 Å². The average molecular weight is 375 g/mol. The first-order valence-corrected chi connectivity index (χ1v) is 9.57. The lowest BCUT2D eigenvalue weighted by Crippen LogP contribution is -2.35. The number of benzene rings is 2. The van der Waals surface area contributed by atoms with Crippen LogP contribution >= 0.6 is 0 Å². The molecule has 0 unspecified atom stereocenters. The number of sulfonamides is 1. The number of hydrogen-bond acceptors (Lipinski definition) is 4. The molecule has 0 bridgehead atoms. The van der Waals surface area contributed by atoms with Crippen LogP contribution in [0, 0.1) is 5.82 Å². The zero-order chi connectivity index (χ0) is 18.7. The normalized spacial score (nSPS) is 17.4. The fourth-order valence-electron chi connectivity index (χ4n) is 2.65. The summed E-state index contributed by atoms with van der Waals surface area (Å²) < 4.78 is 39.6. The third-order valence-corrected chi connectivity index (χ3v) is 5.36. The van der Waals surface area contributed by atoms with Gasteiger partial charge in [-0.3, -0.25) is 14.5 Å². The molecule has 1 atom stereocenters. The van der Waals surface area contributed by atoms with Gasteiger partial charge in [0.2, 0.25) is 5.91 Å². The van der Waals surface area contributed by atoms with E-state index < -0.39 is 16.1 Å². The molecule has 2 aromatic rings. The Morgan fingerprint density at radius 1 is 1.23 bits per heavy atom. The molecule has 0 aliphatic carbocycles. The Morgan fingerprint density at radius 2 is 2.00 bits per heavy atom. The Balaban J connectivity index is 1.64. The van der Waals surface area contributed by atoms with Crippen LogP contribution in [0.3, 0.4) is 0 Å². The van der Waals surface area contributed by atoms with Gasteiger partial charge in [0.15, 0.2) is 0 Å². The summed E-state index contributed by atoms with van der Waals surface area (Å²) in [6, 6.07) is 11.9. The van der Waals surface area contributed by atoms with Crippen LogP contribution in [0.25, 0.3) is 0 Å². The minimum Gasteiger partial charge on any atom is -0.354 e. The van der Waals surface area contributed by atoms with Gasteiger partial charge in [0.1, 0.15) is 17.7 Å². The molecule has 0 spiro atoms. The van der Waals surface area contributed by atoms with E-state index in [1.54, 1.807) is 37.3 Å². The van der Waals surface area contributed by atoms with E-state index >= 15 is 0 Å². The summed E-state index contributed by atoms with van der Waals surface area (Å²) >= 11 is 0. The van der Waals surface area contributed by atoms with Gasteiger partial charge in [0.25, 0.3) is 10.0 Å². The van der Waals surface area contributed by atoms with Crippen molar-refractivity contribution in [2.45, 2.75) is 24.3 Å². The number of halogens is 1. The highest BCUT2D eigenvalue weighted by Gasteiger charge is 2.31. The maximum atomic E-state index is 13.1. The van der Waals surface area contributed by atoms with Crippen LogP contribution in [0.1, 0.15) is 18.1 Å². The van der Waals surface area contributed by atoms with Gasteiger partial charge in [-0.1, -0.05) is 24.3 Å². The maximum Gasteiger partial charge on any atom is 0.263 e.